The number of hydrogen-bond acceptors (Lipinski definition) is 5. The summed E-state index contributed by atoms with van der Waals surface area (Å²) in [5, 5.41) is 2.44. The van der Waals surface area contributed by atoms with Gasteiger partial charge < -0.3 is 14.8 Å². The number of rotatable bonds is 8. The van der Waals surface area contributed by atoms with E-state index in [1.54, 1.807) is 13.8 Å². The van der Waals surface area contributed by atoms with E-state index in [2.05, 4.69) is 5.32 Å². The summed E-state index contributed by atoms with van der Waals surface area (Å²) in [6, 6.07) is 8.52. The molecule has 0 unspecified atom stereocenters. The smallest absolute Gasteiger partial charge is 0.408 e. The molecule has 6 heteroatoms. The molecule has 0 bridgehead atoms. The predicted molar refractivity (Wildman–Crippen MR) is 80.1 cm³/mol. The summed E-state index contributed by atoms with van der Waals surface area (Å²) in [7, 11) is 0. The van der Waals surface area contributed by atoms with Gasteiger partial charge in [0.1, 0.15) is 6.61 Å². The molecule has 0 saturated carbocycles. The molecule has 0 heterocycles. The number of alkyl carbamates (subject to hydrolysis) is 1. The molecule has 0 fully saturated rings. The fourth-order valence-electron chi connectivity index (χ4n) is 1.70. The van der Waals surface area contributed by atoms with Crippen molar-refractivity contribution in [2.24, 2.45) is 0 Å². The van der Waals surface area contributed by atoms with Crippen LogP contribution in [0.5, 0.6) is 0 Å². The number of hydrogen-bond donors (Lipinski definition) is 1. The van der Waals surface area contributed by atoms with Gasteiger partial charge in [-0.2, -0.15) is 0 Å². The highest BCUT2D eigenvalue weighted by molar-refractivity contribution is 5.89. The Morgan fingerprint density at radius 1 is 1.09 bits per heavy atom. The van der Waals surface area contributed by atoms with Crippen molar-refractivity contribution in [3.8, 4) is 0 Å². The van der Waals surface area contributed by atoms with Gasteiger partial charge in [-0.1, -0.05) is 30.3 Å². The van der Waals surface area contributed by atoms with Gasteiger partial charge in [0.2, 0.25) is 0 Å². The van der Waals surface area contributed by atoms with Gasteiger partial charge in [0, 0.05) is 6.42 Å². The number of ether oxygens (including phenoxy) is 2. The predicted octanol–water partition coefficient (Wildman–Crippen LogP) is 2.21. The minimum atomic E-state index is -0.710. The minimum absolute atomic E-state index is 0.0117. The molecule has 1 aromatic carbocycles. The molecule has 0 spiro atoms. The first-order chi connectivity index (χ1) is 10.5. The van der Waals surface area contributed by atoms with Crippen molar-refractivity contribution in [1.82, 2.24) is 5.32 Å². The largest absolute Gasteiger partial charge is 0.466 e. The number of nitrogens with one attached hydrogen (secondary N) is 1. The molecule has 0 aliphatic heterocycles. The minimum Gasteiger partial charge on any atom is -0.466 e. The first-order valence-corrected chi connectivity index (χ1v) is 7.18. The van der Waals surface area contributed by atoms with E-state index in [9.17, 15) is 14.4 Å². The fraction of sp³-hybridized carbons (Fsp3) is 0.438. The monoisotopic (exact) mass is 307 g/mol. The van der Waals surface area contributed by atoms with Crippen molar-refractivity contribution >= 4 is 17.8 Å². The number of esters is 1. The van der Waals surface area contributed by atoms with E-state index >= 15 is 0 Å². The van der Waals surface area contributed by atoms with Crippen molar-refractivity contribution in [1.29, 1.82) is 0 Å². The molecular formula is C16H21NO5. The van der Waals surface area contributed by atoms with Crippen molar-refractivity contribution < 1.29 is 23.9 Å². The van der Waals surface area contributed by atoms with E-state index in [1.165, 1.54) is 0 Å². The lowest BCUT2D eigenvalue weighted by atomic mass is 10.1. The quantitative estimate of drug-likeness (QED) is 0.745. The molecule has 0 aliphatic rings. The molecular weight excluding hydrogens is 286 g/mol. The summed E-state index contributed by atoms with van der Waals surface area (Å²) in [5.74, 6) is -0.667. The average molecular weight is 307 g/mol. The van der Waals surface area contributed by atoms with Gasteiger partial charge in [-0.05, 0) is 19.4 Å². The zero-order valence-electron chi connectivity index (χ0n) is 12.8. The van der Waals surface area contributed by atoms with Gasteiger partial charge in [0.25, 0.3) is 0 Å². The van der Waals surface area contributed by atoms with Crippen LogP contribution in [-0.2, 0) is 25.7 Å². The van der Waals surface area contributed by atoms with Gasteiger partial charge >= 0.3 is 12.1 Å². The van der Waals surface area contributed by atoms with E-state index in [-0.39, 0.29) is 31.8 Å². The molecule has 0 aromatic heterocycles. The number of carbonyl (C=O) groups excluding carboxylic acids is 3. The second-order valence-electron chi connectivity index (χ2n) is 4.70. The van der Waals surface area contributed by atoms with Crippen LogP contribution in [0.25, 0.3) is 0 Å². The van der Waals surface area contributed by atoms with Gasteiger partial charge in [0.05, 0.1) is 19.1 Å². The van der Waals surface area contributed by atoms with Gasteiger partial charge in [0.15, 0.2) is 5.78 Å². The van der Waals surface area contributed by atoms with Gasteiger partial charge in [-0.25, -0.2) is 4.79 Å². The Kier molecular flexibility index (Phi) is 7.67. The van der Waals surface area contributed by atoms with E-state index < -0.39 is 18.1 Å². The number of amides is 1. The molecule has 0 aliphatic carbocycles. The second kappa shape index (κ2) is 9.55. The maximum Gasteiger partial charge on any atom is 0.408 e. The van der Waals surface area contributed by atoms with E-state index in [0.29, 0.717) is 0 Å². The van der Waals surface area contributed by atoms with E-state index in [0.717, 1.165) is 5.56 Å². The molecule has 1 N–H and O–H groups in total. The highest BCUT2D eigenvalue weighted by Crippen LogP contribution is 2.02. The summed E-state index contributed by atoms with van der Waals surface area (Å²) >= 11 is 0. The third kappa shape index (κ3) is 6.88. The van der Waals surface area contributed by atoms with Crippen LogP contribution in [0.2, 0.25) is 0 Å². The van der Waals surface area contributed by atoms with Crippen LogP contribution < -0.4 is 5.32 Å². The van der Waals surface area contributed by atoms with Crippen LogP contribution in [0.4, 0.5) is 4.79 Å². The fourth-order valence-corrected chi connectivity index (χ4v) is 1.70. The molecule has 1 aromatic rings. The van der Waals surface area contributed by atoms with Crippen LogP contribution >= 0.6 is 0 Å². The SMILES string of the molecule is CCOC(=O)CCC(=O)[C@H](C)NC(=O)OCc1ccccc1. The lowest BCUT2D eigenvalue weighted by Gasteiger charge is -2.13. The molecule has 120 valence electrons. The van der Waals surface area contributed by atoms with Crippen molar-refractivity contribution in [3.63, 3.8) is 0 Å². The lowest BCUT2D eigenvalue weighted by molar-refractivity contribution is -0.144. The Hall–Kier alpha value is -2.37. The summed E-state index contributed by atoms with van der Waals surface area (Å²) in [6.07, 6.45) is -0.627. The summed E-state index contributed by atoms with van der Waals surface area (Å²) < 4.78 is 9.76. The molecule has 1 amide bonds. The van der Waals surface area contributed by atoms with Crippen LogP contribution in [0.15, 0.2) is 30.3 Å². The van der Waals surface area contributed by atoms with Crippen LogP contribution in [0.1, 0.15) is 32.3 Å². The third-order valence-electron chi connectivity index (χ3n) is 2.91. The molecule has 22 heavy (non-hydrogen) atoms. The van der Waals surface area contributed by atoms with Crippen LogP contribution in [0, 0.1) is 0 Å². The first-order valence-electron chi connectivity index (χ1n) is 7.18. The summed E-state index contributed by atoms with van der Waals surface area (Å²) in [5.41, 5.74) is 0.860. The number of ketones is 1. The zero-order valence-corrected chi connectivity index (χ0v) is 12.8. The van der Waals surface area contributed by atoms with E-state index in [1.807, 2.05) is 30.3 Å². The number of carbonyl (C=O) groups is 3. The third-order valence-corrected chi connectivity index (χ3v) is 2.91. The topological polar surface area (TPSA) is 81.7 Å². The molecule has 0 saturated heterocycles. The number of benzene rings is 1. The zero-order chi connectivity index (χ0) is 16.4. The maximum atomic E-state index is 11.8. The molecule has 1 atom stereocenters. The average Bonchev–Trinajstić information content (AvgIpc) is 2.52. The Morgan fingerprint density at radius 2 is 1.77 bits per heavy atom. The van der Waals surface area contributed by atoms with Gasteiger partial charge in [-0.3, -0.25) is 9.59 Å². The Bertz CT molecular complexity index is 501. The number of Topliss-reactive ketones (excluding diaryl/α,β-unsaturated/α-hetero) is 1. The van der Waals surface area contributed by atoms with Crippen molar-refractivity contribution in [3.05, 3.63) is 35.9 Å². The van der Waals surface area contributed by atoms with E-state index in [4.69, 9.17) is 9.47 Å². The molecule has 6 nitrogen and oxygen atoms in total. The summed E-state index contributed by atoms with van der Waals surface area (Å²) in [6.45, 7) is 3.67. The lowest BCUT2D eigenvalue weighted by Crippen LogP contribution is -2.38. The first kappa shape index (κ1) is 17.7. The van der Waals surface area contributed by atoms with Crippen molar-refractivity contribution in [2.45, 2.75) is 39.3 Å². The second-order valence-corrected chi connectivity index (χ2v) is 4.70. The molecule has 0 radical (unpaired) electrons. The Labute approximate surface area is 129 Å². The van der Waals surface area contributed by atoms with Crippen molar-refractivity contribution in [2.75, 3.05) is 6.61 Å². The highest BCUT2D eigenvalue weighted by atomic mass is 16.5. The van der Waals surface area contributed by atoms with Gasteiger partial charge in [-0.15, -0.1) is 0 Å². The Balaban J connectivity index is 2.28. The maximum absolute atomic E-state index is 11.8. The molecule has 1 rings (SSSR count). The highest BCUT2D eigenvalue weighted by Gasteiger charge is 2.17. The normalized spacial score (nSPS) is 11.4. The van der Waals surface area contributed by atoms with Crippen LogP contribution in [-0.4, -0.2) is 30.5 Å². The van der Waals surface area contributed by atoms with Crippen LogP contribution in [0.3, 0.4) is 0 Å². The summed E-state index contributed by atoms with van der Waals surface area (Å²) in [4.78, 5) is 34.5. The Morgan fingerprint density at radius 3 is 2.41 bits per heavy atom. The standard InChI is InChI=1S/C16H21NO5/c1-3-21-15(19)10-9-14(18)12(2)17-16(20)22-11-13-7-5-4-6-8-13/h4-8,12H,3,9-11H2,1-2H3,(H,17,20)/t12-/m0/s1.